The van der Waals surface area contributed by atoms with Gasteiger partial charge in [-0.1, -0.05) is 17.7 Å². The maximum absolute atomic E-state index is 11.0. The molecule has 2 nitrogen and oxygen atoms in total. The molecule has 1 aromatic carbocycles. The Balaban J connectivity index is 3.03. The van der Waals surface area contributed by atoms with Gasteiger partial charge in [0.25, 0.3) is 0 Å². The van der Waals surface area contributed by atoms with Crippen LogP contribution in [0.1, 0.15) is 21.5 Å². The Hall–Kier alpha value is -1.28. The Labute approximate surface area is 93.5 Å². The summed E-state index contributed by atoms with van der Waals surface area (Å²) < 4.78 is 1.85. The fourth-order valence-corrected chi connectivity index (χ4v) is 2.29. The van der Waals surface area contributed by atoms with Gasteiger partial charge in [-0.25, -0.2) is 0 Å². The molecule has 0 saturated carbocycles. The molecule has 0 unspecified atom stereocenters. The summed E-state index contributed by atoms with van der Waals surface area (Å²) in [7, 11) is 1.87. The van der Waals surface area contributed by atoms with Crippen molar-refractivity contribution in [1.29, 1.82) is 0 Å². The van der Waals surface area contributed by atoms with E-state index in [4.69, 9.17) is 11.6 Å². The second-order valence-corrected chi connectivity index (χ2v) is 4.22. The van der Waals surface area contributed by atoms with E-state index in [1.54, 1.807) is 0 Å². The van der Waals surface area contributed by atoms with Gasteiger partial charge in [0.2, 0.25) is 0 Å². The normalized spacial score (nSPS) is 10.9. The molecule has 1 aromatic heterocycles. The lowest BCUT2D eigenvalue weighted by atomic mass is 10.1. The summed E-state index contributed by atoms with van der Waals surface area (Å²) in [6.07, 6.45) is 0.826. The third kappa shape index (κ3) is 1.37. The highest BCUT2D eigenvalue weighted by molar-refractivity contribution is 6.34. The highest BCUT2D eigenvalue weighted by Gasteiger charge is 2.14. The minimum Gasteiger partial charge on any atom is -0.334 e. The number of hydrogen-bond acceptors (Lipinski definition) is 1. The van der Waals surface area contributed by atoms with Gasteiger partial charge >= 0.3 is 0 Å². The van der Waals surface area contributed by atoms with Crippen LogP contribution < -0.4 is 0 Å². The van der Waals surface area contributed by atoms with Crippen LogP contribution in [0, 0.1) is 13.8 Å². The predicted molar refractivity (Wildman–Crippen MR) is 62.8 cm³/mol. The van der Waals surface area contributed by atoms with Crippen molar-refractivity contribution < 1.29 is 4.79 Å². The van der Waals surface area contributed by atoms with Crippen LogP contribution in [0.3, 0.4) is 0 Å². The number of fused-ring (bicyclic) bond motifs is 1. The van der Waals surface area contributed by atoms with E-state index >= 15 is 0 Å². The van der Waals surface area contributed by atoms with Crippen molar-refractivity contribution in [3.63, 3.8) is 0 Å². The third-order valence-electron chi connectivity index (χ3n) is 2.72. The molecule has 15 heavy (non-hydrogen) atoms. The summed E-state index contributed by atoms with van der Waals surface area (Å²) in [6, 6.07) is 4.10. The minimum absolute atomic E-state index is 0.508. The number of aryl methyl sites for hydroxylation is 3. The number of aldehydes is 1. The third-order valence-corrected chi connectivity index (χ3v) is 3.18. The Kier molecular flexibility index (Phi) is 2.31. The zero-order chi connectivity index (χ0) is 11.2. The van der Waals surface area contributed by atoms with Crippen molar-refractivity contribution in [2.45, 2.75) is 13.8 Å². The summed E-state index contributed by atoms with van der Waals surface area (Å²) >= 11 is 6.09. The highest BCUT2D eigenvalue weighted by Crippen LogP contribution is 2.30. The molecule has 0 fully saturated rings. The Morgan fingerprint density at radius 3 is 2.60 bits per heavy atom. The van der Waals surface area contributed by atoms with Gasteiger partial charge in [0.05, 0.1) is 11.1 Å². The molecule has 0 aliphatic carbocycles. The second-order valence-electron chi connectivity index (χ2n) is 3.86. The number of carbonyl (C=O) groups is 1. The van der Waals surface area contributed by atoms with E-state index in [1.807, 2.05) is 31.5 Å². The van der Waals surface area contributed by atoms with Gasteiger partial charge in [0.1, 0.15) is 5.15 Å². The molecule has 78 valence electrons. The SMILES string of the molecule is Cc1cc(C)c2c(C=O)c(Cl)n(C)c2c1. The van der Waals surface area contributed by atoms with Gasteiger partial charge in [0, 0.05) is 12.4 Å². The Morgan fingerprint density at radius 2 is 2.00 bits per heavy atom. The van der Waals surface area contributed by atoms with Crippen LogP contribution in [0.25, 0.3) is 10.9 Å². The van der Waals surface area contributed by atoms with Crippen LogP contribution in [0.2, 0.25) is 5.15 Å². The number of benzene rings is 1. The van der Waals surface area contributed by atoms with Crippen molar-refractivity contribution in [2.24, 2.45) is 7.05 Å². The van der Waals surface area contributed by atoms with Gasteiger partial charge in [-0.2, -0.15) is 0 Å². The van der Waals surface area contributed by atoms with Crippen LogP contribution in [0.4, 0.5) is 0 Å². The first-order valence-electron chi connectivity index (χ1n) is 4.76. The largest absolute Gasteiger partial charge is 0.334 e. The molecule has 2 aromatic rings. The fraction of sp³-hybridized carbons (Fsp3) is 0.250. The lowest BCUT2D eigenvalue weighted by Crippen LogP contribution is -1.87. The summed E-state index contributed by atoms with van der Waals surface area (Å²) in [6.45, 7) is 4.03. The van der Waals surface area contributed by atoms with E-state index in [0.717, 1.165) is 22.8 Å². The maximum atomic E-state index is 11.0. The summed E-state index contributed by atoms with van der Waals surface area (Å²) in [4.78, 5) is 11.0. The molecule has 0 atom stereocenters. The van der Waals surface area contributed by atoms with Gasteiger partial charge in [0.15, 0.2) is 6.29 Å². The molecule has 0 amide bonds. The molecule has 3 heteroatoms. The lowest BCUT2D eigenvalue weighted by Gasteiger charge is -2.01. The first-order valence-corrected chi connectivity index (χ1v) is 5.14. The standard InChI is InChI=1S/C12H12ClNO/c1-7-4-8(2)11-9(6-15)12(13)14(3)10(11)5-7/h4-6H,1-3H3. The van der Waals surface area contributed by atoms with E-state index < -0.39 is 0 Å². The smallest absolute Gasteiger partial charge is 0.153 e. The van der Waals surface area contributed by atoms with Gasteiger partial charge in [-0.3, -0.25) is 4.79 Å². The topological polar surface area (TPSA) is 22.0 Å². The molecular weight excluding hydrogens is 210 g/mol. The first-order chi connectivity index (χ1) is 7.06. The number of nitrogens with zero attached hydrogens (tertiary/aromatic N) is 1. The zero-order valence-electron chi connectivity index (χ0n) is 8.97. The van der Waals surface area contributed by atoms with Crippen LogP contribution in [0.5, 0.6) is 0 Å². The average molecular weight is 222 g/mol. The van der Waals surface area contributed by atoms with Crippen LogP contribution in [-0.2, 0) is 7.05 Å². The van der Waals surface area contributed by atoms with Gasteiger partial charge in [-0.15, -0.1) is 0 Å². The van der Waals surface area contributed by atoms with E-state index in [-0.39, 0.29) is 0 Å². The number of carbonyl (C=O) groups excluding carboxylic acids is 1. The number of hydrogen-bond donors (Lipinski definition) is 0. The molecule has 2 rings (SSSR count). The lowest BCUT2D eigenvalue weighted by molar-refractivity contribution is 0.112. The van der Waals surface area contributed by atoms with Crippen LogP contribution in [0.15, 0.2) is 12.1 Å². The number of halogens is 1. The molecule has 0 saturated heterocycles. The van der Waals surface area contributed by atoms with Crippen molar-refractivity contribution in [1.82, 2.24) is 4.57 Å². The molecule has 0 N–H and O–H groups in total. The van der Waals surface area contributed by atoms with E-state index in [1.165, 1.54) is 5.56 Å². The maximum Gasteiger partial charge on any atom is 0.153 e. The van der Waals surface area contributed by atoms with E-state index in [0.29, 0.717) is 10.7 Å². The average Bonchev–Trinajstić information content (AvgIpc) is 2.42. The quantitative estimate of drug-likeness (QED) is 0.678. The van der Waals surface area contributed by atoms with E-state index in [9.17, 15) is 4.79 Å². The van der Waals surface area contributed by atoms with Crippen LogP contribution >= 0.6 is 11.6 Å². The molecule has 1 heterocycles. The Morgan fingerprint density at radius 1 is 1.33 bits per heavy atom. The van der Waals surface area contributed by atoms with Crippen molar-refractivity contribution in [2.75, 3.05) is 0 Å². The molecule has 0 aliphatic heterocycles. The van der Waals surface area contributed by atoms with Crippen molar-refractivity contribution >= 4 is 28.8 Å². The minimum atomic E-state index is 0.508. The predicted octanol–water partition coefficient (Wildman–Crippen LogP) is 3.26. The molecule has 0 aliphatic rings. The van der Waals surface area contributed by atoms with Crippen molar-refractivity contribution in [3.05, 3.63) is 34.0 Å². The van der Waals surface area contributed by atoms with Gasteiger partial charge < -0.3 is 4.57 Å². The number of aromatic nitrogens is 1. The molecular formula is C12H12ClNO. The molecule has 0 bridgehead atoms. The van der Waals surface area contributed by atoms with E-state index in [2.05, 4.69) is 6.07 Å². The Bertz CT molecular complexity index is 554. The molecule has 0 radical (unpaired) electrons. The second kappa shape index (κ2) is 3.38. The highest BCUT2D eigenvalue weighted by atomic mass is 35.5. The fourth-order valence-electron chi connectivity index (χ4n) is 2.06. The zero-order valence-corrected chi connectivity index (χ0v) is 9.72. The summed E-state index contributed by atoms with van der Waals surface area (Å²) in [5.74, 6) is 0. The van der Waals surface area contributed by atoms with Gasteiger partial charge in [-0.05, 0) is 31.0 Å². The summed E-state index contributed by atoms with van der Waals surface area (Å²) in [5, 5.41) is 1.47. The number of rotatable bonds is 1. The first kappa shape index (κ1) is 10.2. The molecule has 0 spiro atoms. The van der Waals surface area contributed by atoms with Crippen molar-refractivity contribution in [3.8, 4) is 0 Å². The monoisotopic (exact) mass is 221 g/mol. The van der Waals surface area contributed by atoms with Crippen LogP contribution in [-0.4, -0.2) is 10.9 Å². The summed E-state index contributed by atoms with van der Waals surface area (Å²) in [5.41, 5.74) is 3.87.